The second-order valence-corrected chi connectivity index (χ2v) is 10.2. The molecule has 194 valence electrons. The van der Waals surface area contributed by atoms with E-state index in [1.165, 1.54) is 135 Å². The van der Waals surface area contributed by atoms with Gasteiger partial charge in [-0.15, -0.1) is 0 Å². The topological polar surface area (TPSA) is 36.1 Å². The molecule has 0 aliphatic rings. The highest BCUT2D eigenvalue weighted by molar-refractivity contribution is 4.68. The molecule has 0 spiro atoms. The summed E-state index contributed by atoms with van der Waals surface area (Å²) in [6, 6.07) is 1.44. The predicted molar refractivity (Wildman–Crippen MR) is 147 cm³/mol. The van der Waals surface area contributed by atoms with Gasteiger partial charge in [-0.25, -0.2) is 0 Å². The van der Waals surface area contributed by atoms with Gasteiger partial charge in [0.2, 0.25) is 0 Å². The van der Waals surface area contributed by atoms with Crippen LogP contribution in [-0.2, 0) is 0 Å². The quantitative estimate of drug-likeness (QED) is 0.110. The van der Waals surface area contributed by atoms with Crippen molar-refractivity contribution in [1.82, 2.24) is 16.0 Å². The van der Waals surface area contributed by atoms with Crippen molar-refractivity contribution >= 4 is 0 Å². The molecule has 0 aromatic rings. The van der Waals surface area contributed by atoms with Gasteiger partial charge in [0.15, 0.2) is 0 Å². The maximum absolute atomic E-state index is 3.91. The molecule has 0 aliphatic heterocycles. The van der Waals surface area contributed by atoms with Crippen LogP contribution in [0.25, 0.3) is 0 Å². The van der Waals surface area contributed by atoms with Crippen LogP contribution in [0.5, 0.6) is 0 Å². The highest BCUT2D eigenvalue weighted by Crippen LogP contribution is 2.13. The lowest BCUT2D eigenvalue weighted by Crippen LogP contribution is -2.31. The molecule has 0 saturated heterocycles. The molecule has 0 saturated carbocycles. The lowest BCUT2D eigenvalue weighted by atomic mass is 10.00. The van der Waals surface area contributed by atoms with E-state index in [1.54, 1.807) is 0 Å². The number of nitrogens with one attached hydrogen (secondary N) is 3. The summed E-state index contributed by atoms with van der Waals surface area (Å²) in [6.07, 6.45) is 26.1. The van der Waals surface area contributed by atoms with Gasteiger partial charge in [-0.1, -0.05) is 104 Å². The lowest BCUT2D eigenvalue weighted by molar-refractivity contribution is 0.407. The maximum atomic E-state index is 3.91. The van der Waals surface area contributed by atoms with Crippen molar-refractivity contribution < 1.29 is 0 Å². The fraction of sp³-hybridized carbons (Fsp3) is 1.00. The summed E-state index contributed by atoms with van der Waals surface area (Å²) >= 11 is 0. The molecule has 3 heteroatoms. The largest absolute Gasteiger partial charge is 0.317 e. The van der Waals surface area contributed by atoms with E-state index >= 15 is 0 Å². The molecule has 0 aliphatic carbocycles. The maximum Gasteiger partial charge on any atom is 0.00670 e. The fourth-order valence-corrected chi connectivity index (χ4v) is 4.51. The molecular formula is C29H63N3. The van der Waals surface area contributed by atoms with Crippen molar-refractivity contribution in [3.8, 4) is 0 Å². The summed E-state index contributed by atoms with van der Waals surface area (Å²) in [5.74, 6) is 0. The van der Waals surface area contributed by atoms with Crippen LogP contribution in [-0.4, -0.2) is 38.3 Å². The van der Waals surface area contributed by atoms with Crippen molar-refractivity contribution in [2.75, 3.05) is 26.2 Å². The van der Waals surface area contributed by atoms with E-state index in [9.17, 15) is 0 Å². The van der Waals surface area contributed by atoms with Crippen molar-refractivity contribution in [2.24, 2.45) is 0 Å². The molecule has 3 nitrogen and oxygen atoms in total. The Hall–Kier alpha value is -0.120. The van der Waals surface area contributed by atoms with Crippen molar-refractivity contribution in [1.29, 1.82) is 0 Å². The minimum atomic E-state index is 0.679. The van der Waals surface area contributed by atoms with Gasteiger partial charge in [0.05, 0.1) is 0 Å². The minimum absolute atomic E-state index is 0.679. The zero-order chi connectivity index (χ0) is 23.5. The second kappa shape index (κ2) is 27.1. The number of hydrogen-bond donors (Lipinski definition) is 3. The molecule has 0 aromatic heterocycles. The monoisotopic (exact) mass is 454 g/mol. The summed E-state index contributed by atoms with van der Waals surface area (Å²) in [6.45, 7) is 13.9. The highest BCUT2D eigenvalue weighted by Gasteiger charge is 2.07. The zero-order valence-corrected chi connectivity index (χ0v) is 22.9. The van der Waals surface area contributed by atoms with Crippen molar-refractivity contribution in [3.05, 3.63) is 0 Å². The van der Waals surface area contributed by atoms with E-state index in [-0.39, 0.29) is 0 Å². The molecule has 32 heavy (non-hydrogen) atoms. The Kier molecular flexibility index (Phi) is 27.0. The van der Waals surface area contributed by atoms with Gasteiger partial charge in [0, 0.05) is 12.1 Å². The molecular weight excluding hydrogens is 390 g/mol. The molecule has 0 amide bonds. The summed E-state index contributed by atoms with van der Waals surface area (Å²) < 4.78 is 0. The highest BCUT2D eigenvalue weighted by atomic mass is 14.9. The molecule has 1 unspecified atom stereocenters. The van der Waals surface area contributed by atoms with Crippen LogP contribution in [0.1, 0.15) is 150 Å². The molecule has 1 atom stereocenters. The van der Waals surface area contributed by atoms with Crippen LogP contribution < -0.4 is 16.0 Å². The zero-order valence-electron chi connectivity index (χ0n) is 22.9. The molecule has 0 radical (unpaired) electrons. The first-order chi connectivity index (χ1) is 15.7. The molecule has 0 bridgehead atoms. The molecule has 0 aromatic carbocycles. The van der Waals surface area contributed by atoms with Gasteiger partial charge >= 0.3 is 0 Å². The van der Waals surface area contributed by atoms with Gasteiger partial charge in [0.1, 0.15) is 0 Å². The third-order valence-electron chi connectivity index (χ3n) is 6.79. The van der Waals surface area contributed by atoms with Gasteiger partial charge in [-0.2, -0.15) is 0 Å². The molecule has 3 N–H and O–H groups in total. The van der Waals surface area contributed by atoms with Gasteiger partial charge in [-0.05, 0) is 71.6 Å². The van der Waals surface area contributed by atoms with Crippen molar-refractivity contribution in [3.63, 3.8) is 0 Å². The SMILES string of the molecule is CCCCCCCC(CCCCCCC)NCCCCNCCCNC(C)CCCCC. The minimum Gasteiger partial charge on any atom is -0.317 e. The molecule has 0 rings (SSSR count). The van der Waals surface area contributed by atoms with Gasteiger partial charge in [-0.3, -0.25) is 0 Å². The Morgan fingerprint density at radius 1 is 0.438 bits per heavy atom. The van der Waals surface area contributed by atoms with E-state index in [4.69, 9.17) is 0 Å². The smallest absolute Gasteiger partial charge is 0.00670 e. The first kappa shape index (κ1) is 31.9. The van der Waals surface area contributed by atoms with Gasteiger partial charge < -0.3 is 16.0 Å². The van der Waals surface area contributed by atoms with Crippen LogP contribution in [0.2, 0.25) is 0 Å². The Morgan fingerprint density at radius 3 is 1.53 bits per heavy atom. The van der Waals surface area contributed by atoms with E-state index in [0.717, 1.165) is 19.1 Å². The Labute approximate surface area is 204 Å². The van der Waals surface area contributed by atoms with Crippen LogP contribution in [0.4, 0.5) is 0 Å². The second-order valence-electron chi connectivity index (χ2n) is 10.2. The summed E-state index contributed by atoms with van der Waals surface area (Å²) in [4.78, 5) is 0. The van der Waals surface area contributed by atoms with Crippen LogP contribution in [0.3, 0.4) is 0 Å². The third-order valence-corrected chi connectivity index (χ3v) is 6.79. The van der Waals surface area contributed by atoms with Crippen molar-refractivity contribution in [2.45, 2.75) is 162 Å². The molecule has 0 fully saturated rings. The number of rotatable bonds is 27. The van der Waals surface area contributed by atoms with Crippen LogP contribution >= 0.6 is 0 Å². The van der Waals surface area contributed by atoms with Crippen LogP contribution in [0.15, 0.2) is 0 Å². The van der Waals surface area contributed by atoms with Crippen LogP contribution in [0, 0.1) is 0 Å². The Bertz CT molecular complexity index is 320. The first-order valence-corrected chi connectivity index (χ1v) is 14.9. The normalized spacial score (nSPS) is 12.7. The number of hydrogen-bond acceptors (Lipinski definition) is 3. The third kappa shape index (κ3) is 24.5. The lowest BCUT2D eigenvalue weighted by Gasteiger charge is -2.19. The Morgan fingerprint density at radius 2 is 0.906 bits per heavy atom. The summed E-state index contributed by atoms with van der Waals surface area (Å²) in [7, 11) is 0. The Balaban J connectivity index is 3.66. The van der Waals surface area contributed by atoms with Gasteiger partial charge in [0.25, 0.3) is 0 Å². The van der Waals surface area contributed by atoms with E-state index in [0.29, 0.717) is 6.04 Å². The summed E-state index contributed by atoms with van der Waals surface area (Å²) in [5.41, 5.74) is 0. The predicted octanol–water partition coefficient (Wildman–Crippen LogP) is 7.98. The number of unbranched alkanes of at least 4 members (excludes halogenated alkanes) is 11. The van der Waals surface area contributed by atoms with E-state index in [1.807, 2.05) is 0 Å². The standard InChI is InChI=1S/C29H63N3/c1-5-8-11-13-16-22-29(23-17-14-12-9-6-2)32-26-19-18-24-30-25-20-27-31-28(4)21-15-10-7-3/h28-32H,5-27H2,1-4H3. The average molecular weight is 454 g/mol. The fourth-order valence-electron chi connectivity index (χ4n) is 4.51. The average Bonchev–Trinajstić information content (AvgIpc) is 2.79. The van der Waals surface area contributed by atoms with E-state index in [2.05, 4.69) is 43.6 Å². The molecule has 0 heterocycles. The van der Waals surface area contributed by atoms with E-state index < -0.39 is 0 Å². The first-order valence-electron chi connectivity index (χ1n) is 14.9. The summed E-state index contributed by atoms with van der Waals surface area (Å²) in [5, 5.41) is 11.2.